The zero-order valence-corrected chi connectivity index (χ0v) is 13.5. The molecule has 0 spiro atoms. The largest absolute Gasteiger partial charge is 0.483 e. The van der Waals surface area contributed by atoms with Gasteiger partial charge in [-0.15, -0.1) is 0 Å². The Kier molecular flexibility index (Phi) is 4.84. The van der Waals surface area contributed by atoms with Gasteiger partial charge in [-0.1, -0.05) is 24.6 Å². The summed E-state index contributed by atoms with van der Waals surface area (Å²) in [7, 11) is 0. The lowest BCUT2D eigenvalue weighted by molar-refractivity contribution is -0.130. The summed E-state index contributed by atoms with van der Waals surface area (Å²) in [4.78, 5) is 23.7. The molecule has 5 heteroatoms. The zero-order chi connectivity index (χ0) is 16.2. The summed E-state index contributed by atoms with van der Waals surface area (Å²) in [5.41, 5.74) is 5.90. The number of amides is 2. The minimum atomic E-state index is -0.352. The highest BCUT2D eigenvalue weighted by Crippen LogP contribution is 2.49. The highest BCUT2D eigenvalue weighted by molar-refractivity contribution is 5.82. The fourth-order valence-electron chi connectivity index (χ4n) is 3.95. The van der Waals surface area contributed by atoms with Crippen LogP contribution in [0.15, 0.2) is 24.3 Å². The molecule has 3 atom stereocenters. The average Bonchev–Trinajstić information content (AvgIpc) is 3.15. The first-order chi connectivity index (χ1) is 11.1. The van der Waals surface area contributed by atoms with Crippen molar-refractivity contribution < 1.29 is 14.3 Å². The molecule has 2 saturated carbocycles. The Balaban J connectivity index is 1.35. The molecule has 1 aromatic rings. The Hall–Kier alpha value is -2.04. The van der Waals surface area contributed by atoms with Crippen LogP contribution in [0.5, 0.6) is 5.75 Å². The van der Waals surface area contributed by atoms with Crippen LogP contribution in [0.3, 0.4) is 0 Å². The van der Waals surface area contributed by atoms with Crippen molar-refractivity contribution in [2.75, 3.05) is 6.61 Å². The molecule has 0 aromatic heterocycles. The number of nitrogens with one attached hydrogen (secondary N) is 2. The maximum atomic E-state index is 11.9. The molecule has 2 bridgehead atoms. The maximum absolute atomic E-state index is 11.9. The number of ether oxygens (including phenoxy) is 1. The van der Waals surface area contributed by atoms with E-state index in [1.165, 1.54) is 25.7 Å². The summed E-state index contributed by atoms with van der Waals surface area (Å²) in [6.45, 7) is 1.81. The zero-order valence-electron chi connectivity index (χ0n) is 13.5. The van der Waals surface area contributed by atoms with E-state index in [1.807, 2.05) is 31.2 Å². The Bertz CT molecular complexity index is 587. The van der Waals surface area contributed by atoms with Gasteiger partial charge in [-0.2, -0.15) is 0 Å². The minimum Gasteiger partial charge on any atom is -0.483 e. The van der Waals surface area contributed by atoms with Crippen molar-refractivity contribution in [3.05, 3.63) is 29.8 Å². The summed E-state index contributed by atoms with van der Waals surface area (Å²) in [6, 6.07) is 7.51. The summed E-state index contributed by atoms with van der Waals surface area (Å²) in [5.74, 6) is 2.26. The molecule has 0 radical (unpaired) electrons. The van der Waals surface area contributed by atoms with Gasteiger partial charge < -0.3 is 4.74 Å². The van der Waals surface area contributed by atoms with Gasteiger partial charge in [0.05, 0.1) is 0 Å². The molecule has 0 aliphatic heterocycles. The minimum absolute atomic E-state index is 0.105. The number of carbonyl (C=O) groups excluding carboxylic acids is 2. The van der Waals surface area contributed by atoms with Crippen LogP contribution in [0.2, 0.25) is 0 Å². The standard InChI is InChI=1S/C18H24N2O3/c1-12-4-2-3-5-16(12)23-11-18(22)20-19-17(21)10-15-9-13-6-7-14(15)8-13/h2-5,13-15H,6-11H2,1H3,(H,19,21)(H,20,22)/t13-,14+,15+/m0/s1. The first-order valence-corrected chi connectivity index (χ1v) is 8.38. The van der Waals surface area contributed by atoms with Crippen LogP contribution in [-0.4, -0.2) is 18.4 Å². The van der Waals surface area contributed by atoms with E-state index < -0.39 is 0 Å². The van der Waals surface area contributed by atoms with Gasteiger partial charge in [-0.05, 0) is 55.6 Å². The van der Waals surface area contributed by atoms with Gasteiger partial charge in [0.15, 0.2) is 6.61 Å². The normalized spacial score (nSPS) is 25.2. The number of carbonyl (C=O) groups is 2. The van der Waals surface area contributed by atoms with E-state index in [0.717, 1.165) is 11.5 Å². The molecule has 0 unspecified atom stereocenters. The van der Waals surface area contributed by atoms with Crippen molar-refractivity contribution in [1.82, 2.24) is 10.9 Å². The molecule has 2 fully saturated rings. The van der Waals surface area contributed by atoms with Gasteiger partial charge in [-0.3, -0.25) is 20.4 Å². The molecular formula is C18H24N2O3. The first kappa shape index (κ1) is 15.8. The number of fused-ring (bicyclic) bond motifs is 2. The number of hydrogen-bond acceptors (Lipinski definition) is 3. The highest BCUT2D eigenvalue weighted by atomic mass is 16.5. The number of hydrogen-bond donors (Lipinski definition) is 2. The van der Waals surface area contributed by atoms with Gasteiger partial charge in [-0.25, -0.2) is 0 Å². The van der Waals surface area contributed by atoms with Crippen molar-refractivity contribution in [2.24, 2.45) is 17.8 Å². The van der Waals surface area contributed by atoms with E-state index in [4.69, 9.17) is 4.74 Å². The van der Waals surface area contributed by atoms with Crippen molar-refractivity contribution in [3.8, 4) is 5.75 Å². The van der Waals surface area contributed by atoms with Gasteiger partial charge >= 0.3 is 0 Å². The summed E-state index contributed by atoms with van der Waals surface area (Å²) in [5, 5.41) is 0. The lowest BCUT2D eigenvalue weighted by Crippen LogP contribution is -2.44. The SMILES string of the molecule is Cc1ccccc1OCC(=O)NNC(=O)C[C@H]1C[C@H]2CC[C@@H]1C2. The van der Waals surface area contributed by atoms with E-state index in [9.17, 15) is 9.59 Å². The number of aryl methyl sites for hydroxylation is 1. The second kappa shape index (κ2) is 7.02. The van der Waals surface area contributed by atoms with E-state index in [1.54, 1.807) is 0 Å². The lowest BCUT2D eigenvalue weighted by Gasteiger charge is -2.20. The topological polar surface area (TPSA) is 67.4 Å². The molecule has 3 rings (SSSR count). The molecule has 2 amide bonds. The average molecular weight is 316 g/mol. The van der Waals surface area contributed by atoms with Gasteiger partial charge in [0, 0.05) is 6.42 Å². The Morgan fingerprint density at radius 1 is 1.13 bits per heavy atom. The lowest BCUT2D eigenvalue weighted by atomic mass is 9.86. The van der Waals surface area contributed by atoms with Crippen molar-refractivity contribution in [1.29, 1.82) is 0 Å². The van der Waals surface area contributed by atoms with Crippen LogP contribution in [0.25, 0.3) is 0 Å². The molecule has 1 aromatic carbocycles. The van der Waals surface area contributed by atoms with Crippen molar-refractivity contribution >= 4 is 11.8 Å². The van der Waals surface area contributed by atoms with Crippen molar-refractivity contribution in [3.63, 3.8) is 0 Å². The van der Waals surface area contributed by atoms with E-state index in [0.29, 0.717) is 24.0 Å². The Morgan fingerprint density at radius 2 is 1.91 bits per heavy atom. The summed E-state index contributed by atoms with van der Waals surface area (Å²) in [6.07, 6.45) is 5.56. The molecule has 2 aliphatic rings. The molecule has 0 heterocycles. The molecule has 5 nitrogen and oxygen atoms in total. The van der Waals surface area contributed by atoms with Crippen LogP contribution in [0.1, 0.15) is 37.7 Å². The molecular weight excluding hydrogens is 292 g/mol. The molecule has 0 saturated heterocycles. The summed E-state index contributed by atoms with van der Waals surface area (Å²) >= 11 is 0. The second-order valence-electron chi connectivity index (χ2n) is 6.79. The van der Waals surface area contributed by atoms with Gasteiger partial charge in [0.1, 0.15) is 5.75 Å². The number of rotatable bonds is 5. The summed E-state index contributed by atoms with van der Waals surface area (Å²) < 4.78 is 5.44. The molecule has 2 N–H and O–H groups in total. The fourth-order valence-corrected chi connectivity index (χ4v) is 3.95. The van der Waals surface area contributed by atoms with E-state index in [2.05, 4.69) is 10.9 Å². The molecule has 124 valence electrons. The van der Waals surface area contributed by atoms with Crippen LogP contribution in [0.4, 0.5) is 0 Å². The third-order valence-electron chi connectivity index (χ3n) is 5.13. The number of para-hydroxylation sites is 1. The Labute approximate surface area is 136 Å². The quantitative estimate of drug-likeness (QED) is 0.819. The molecule has 2 aliphatic carbocycles. The number of hydrazine groups is 1. The van der Waals surface area contributed by atoms with Crippen LogP contribution >= 0.6 is 0 Å². The number of benzene rings is 1. The maximum Gasteiger partial charge on any atom is 0.276 e. The second-order valence-corrected chi connectivity index (χ2v) is 6.79. The van der Waals surface area contributed by atoms with E-state index in [-0.39, 0.29) is 18.4 Å². The van der Waals surface area contributed by atoms with Crippen molar-refractivity contribution in [2.45, 2.75) is 39.0 Å². The third kappa shape index (κ3) is 4.03. The fraction of sp³-hybridized carbons (Fsp3) is 0.556. The van der Waals surface area contributed by atoms with Crippen LogP contribution in [0, 0.1) is 24.7 Å². The van der Waals surface area contributed by atoms with Gasteiger partial charge in [0.2, 0.25) is 5.91 Å². The van der Waals surface area contributed by atoms with E-state index >= 15 is 0 Å². The first-order valence-electron chi connectivity index (χ1n) is 8.38. The van der Waals surface area contributed by atoms with Crippen LogP contribution < -0.4 is 15.6 Å². The predicted molar refractivity (Wildman–Crippen MR) is 86.5 cm³/mol. The van der Waals surface area contributed by atoms with Gasteiger partial charge in [0.25, 0.3) is 5.91 Å². The molecule has 23 heavy (non-hydrogen) atoms. The van der Waals surface area contributed by atoms with Crippen LogP contribution in [-0.2, 0) is 9.59 Å². The third-order valence-corrected chi connectivity index (χ3v) is 5.13. The Morgan fingerprint density at radius 3 is 2.61 bits per heavy atom. The highest BCUT2D eigenvalue weighted by Gasteiger charge is 2.40. The monoisotopic (exact) mass is 316 g/mol. The predicted octanol–water partition coefficient (Wildman–Crippen LogP) is 2.35. The smallest absolute Gasteiger partial charge is 0.276 e.